The van der Waals surface area contributed by atoms with E-state index in [1.54, 1.807) is 17.9 Å². The molecular weight excluding hydrogens is 214 g/mol. The second kappa shape index (κ2) is 3.91. The van der Waals surface area contributed by atoms with E-state index in [9.17, 15) is 4.79 Å². The molecule has 0 aliphatic heterocycles. The Kier molecular flexibility index (Phi) is 2.69. The van der Waals surface area contributed by atoms with E-state index < -0.39 is 5.41 Å². The van der Waals surface area contributed by atoms with Crippen LogP contribution in [-0.2, 0) is 0 Å². The maximum atomic E-state index is 12.3. The average molecular weight is 231 g/mol. The van der Waals surface area contributed by atoms with Gasteiger partial charge in [-0.25, -0.2) is 0 Å². The van der Waals surface area contributed by atoms with Gasteiger partial charge in [-0.2, -0.15) is 0 Å². The Hall–Kier alpha value is -1.77. The third kappa shape index (κ3) is 1.93. The third-order valence-electron chi connectivity index (χ3n) is 2.77. The van der Waals surface area contributed by atoms with Gasteiger partial charge in [0, 0.05) is 17.0 Å². The lowest BCUT2D eigenvalue weighted by Crippen LogP contribution is -2.25. The molecule has 0 bridgehead atoms. The molecule has 2 rings (SSSR count). The van der Waals surface area contributed by atoms with Crippen molar-refractivity contribution in [3.05, 3.63) is 30.5 Å². The maximum absolute atomic E-state index is 12.3. The van der Waals surface area contributed by atoms with Crippen LogP contribution < -0.4 is 4.74 Å². The first kappa shape index (κ1) is 11.7. The van der Waals surface area contributed by atoms with Crippen LogP contribution in [0.5, 0.6) is 5.75 Å². The van der Waals surface area contributed by atoms with Crippen molar-refractivity contribution >= 4 is 16.8 Å². The summed E-state index contributed by atoms with van der Waals surface area (Å²) in [5, 5.41) is 0.965. The molecule has 0 fully saturated rings. The molecular formula is C14H17NO2. The quantitative estimate of drug-likeness (QED) is 0.753. The Morgan fingerprint density at radius 2 is 1.94 bits per heavy atom. The number of carbonyl (C=O) groups excluding carboxylic acids is 1. The lowest BCUT2D eigenvalue weighted by atomic mass is 9.95. The van der Waals surface area contributed by atoms with Crippen LogP contribution in [-0.4, -0.2) is 17.6 Å². The standard InChI is InChI=1S/C14H17NO2/c1-14(2,3)13(16)15-9-8-10-11(15)6-5-7-12(10)17-4/h5-9H,1-4H3. The highest BCUT2D eigenvalue weighted by Crippen LogP contribution is 2.28. The number of fused-ring (bicyclic) bond motifs is 1. The van der Waals surface area contributed by atoms with Crippen LogP contribution in [0.2, 0.25) is 0 Å². The zero-order valence-corrected chi connectivity index (χ0v) is 10.7. The van der Waals surface area contributed by atoms with Gasteiger partial charge in [0.05, 0.1) is 12.6 Å². The Bertz CT molecular complexity index is 561. The molecule has 0 aliphatic carbocycles. The number of carbonyl (C=O) groups is 1. The van der Waals surface area contributed by atoms with E-state index in [-0.39, 0.29) is 5.91 Å². The van der Waals surface area contributed by atoms with Crippen LogP contribution in [0.1, 0.15) is 25.6 Å². The Morgan fingerprint density at radius 3 is 2.53 bits per heavy atom. The molecule has 3 heteroatoms. The predicted octanol–water partition coefficient (Wildman–Crippen LogP) is 3.34. The molecule has 0 radical (unpaired) electrons. The fraction of sp³-hybridized carbons (Fsp3) is 0.357. The zero-order chi connectivity index (χ0) is 12.6. The summed E-state index contributed by atoms with van der Waals surface area (Å²) < 4.78 is 6.97. The Balaban J connectivity index is 2.62. The van der Waals surface area contributed by atoms with Gasteiger partial charge in [-0.3, -0.25) is 9.36 Å². The number of benzene rings is 1. The summed E-state index contributed by atoms with van der Waals surface area (Å²) in [6.07, 6.45) is 1.81. The Labute approximate surface area is 101 Å². The van der Waals surface area contributed by atoms with Crippen LogP contribution in [0, 0.1) is 5.41 Å². The topological polar surface area (TPSA) is 31.2 Å². The number of hydrogen-bond donors (Lipinski definition) is 0. The van der Waals surface area contributed by atoms with E-state index in [2.05, 4.69) is 0 Å². The van der Waals surface area contributed by atoms with Crippen molar-refractivity contribution in [2.24, 2.45) is 5.41 Å². The summed E-state index contributed by atoms with van der Waals surface area (Å²) in [7, 11) is 1.64. The van der Waals surface area contributed by atoms with E-state index in [0.29, 0.717) is 0 Å². The second-order valence-corrected chi connectivity index (χ2v) is 5.13. The highest BCUT2D eigenvalue weighted by Gasteiger charge is 2.24. The van der Waals surface area contributed by atoms with Crippen LogP contribution in [0.3, 0.4) is 0 Å². The van der Waals surface area contributed by atoms with Crippen LogP contribution in [0.15, 0.2) is 30.5 Å². The van der Waals surface area contributed by atoms with Gasteiger partial charge in [0.2, 0.25) is 5.91 Å². The van der Waals surface area contributed by atoms with Gasteiger partial charge in [0.1, 0.15) is 5.75 Å². The summed E-state index contributed by atoms with van der Waals surface area (Å²) in [6.45, 7) is 5.75. The number of aromatic nitrogens is 1. The van der Waals surface area contributed by atoms with Gasteiger partial charge in [0.15, 0.2) is 0 Å². The fourth-order valence-electron chi connectivity index (χ4n) is 1.86. The fourth-order valence-corrected chi connectivity index (χ4v) is 1.86. The van der Waals surface area contributed by atoms with Gasteiger partial charge >= 0.3 is 0 Å². The number of hydrogen-bond acceptors (Lipinski definition) is 2. The summed E-state index contributed by atoms with van der Waals surface area (Å²) in [5.41, 5.74) is 0.499. The summed E-state index contributed by atoms with van der Waals surface area (Å²) in [4.78, 5) is 12.3. The van der Waals surface area contributed by atoms with Crippen molar-refractivity contribution in [2.75, 3.05) is 7.11 Å². The van der Waals surface area contributed by atoms with Crippen LogP contribution >= 0.6 is 0 Å². The molecule has 2 aromatic rings. The molecule has 3 nitrogen and oxygen atoms in total. The van der Waals surface area contributed by atoms with Crippen molar-refractivity contribution in [1.82, 2.24) is 4.57 Å². The highest BCUT2D eigenvalue weighted by atomic mass is 16.5. The molecule has 0 amide bonds. The van der Waals surface area contributed by atoms with Crippen molar-refractivity contribution in [1.29, 1.82) is 0 Å². The van der Waals surface area contributed by atoms with E-state index in [1.807, 2.05) is 45.0 Å². The van der Waals surface area contributed by atoms with Crippen molar-refractivity contribution < 1.29 is 9.53 Å². The van der Waals surface area contributed by atoms with Crippen LogP contribution in [0.4, 0.5) is 0 Å². The number of methoxy groups -OCH3 is 1. The monoisotopic (exact) mass is 231 g/mol. The van der Waals surface area contributed by atoms with Gasteiger partial charge in [-0.15, -0.1) is 0 Å². The minimum atomic E-state index is -0.394. The lowest BCUT2D eigenvalue weighted by molar-refractivity contribution is 0.0772. The molecule has 1 heterocycles. The second-order valence-electron chi connectivity index (χ2n) is 5.13. The molecule has 0 atom stereocenters. The van der Waals surface area contributed by atoms with E-state index in [0.717, 1.165) is 16.7 Å². The SMILES string of the molecule is COc1cccc2c1ccn2C(=O)C(C)(C)C. The van der Waals surface area contributed by atoms with E-state index in [1.165, 1.54) is 0 Å². The van der Waals surface area contributed by atoms with Gasteiger partial charge in [0.25, 0.3) is 0 Å². The van der Waals surface area contributed by atoms with E-state index >= 15 is 0 Å². The van der Waals surface area contributed by atoms with Gasteiger partial charge in [-0.05, 0) is 18.2 Å². The molecule has 1 aromatic heterocycles. The largest absolute Gasteiger partial charge is 0.496 e. The lowest BCUT2D eigenvalue weighted by Gasteiger charge is -2.17. The summed E-state index contributed by atoms with van der Waals surface area (Å²) in [5.74, 6) is 0.878. The molecule has 90 valence electrons. The summed E-state index contributed by atoms with van der Waals surface area (Å²) in [6, 6.07) is 7.64. The minimum Gasteiger partial charge on any atom is -0.496 e. The van der Waals surface area contributed by atoms with Gasteiger partial charge < -0.3 is 4.74 Å². The number of nitrogens with zero attached hydrogens (tertiary/aromatic N) is 1. The van der Waals surface area contributed by atoms with Crippen molar-refractivity contribution in [3.63, 3.8) is 0 Å². The molecule has 0 saturated carbocycles. The molecule has 1 aromatic carbocycles. The van der Waals surface area contributed by atoms with Crippen molar-refractivity contribution in [3.8, 4) is 5.75 Å². The molecule has 0 aliphatic rings. The molecule has 0 N–H and O–H groups in total. The Morgan fingerprint density at radius 1 is 1.24 bits per heavy atom. The van der Waals surface area contributed by atoms with Gasteiger partial charge in [-0.1, -0.05) is 26.8 Å². The highest BCUT2D eigenvalue weighted by molar-refractivity contribution is 5.97. The van der Waals surface area contributed by atoms with Crippen molar-refractivity contribution in [2.45, 2.75) is 20.8 Å². The molecule has 0 saturated heterocycles. The first-order valence-electron chi connectivity index (χ1n) is 5.64. The summed E-state index contributed by atoms with van der Waals surface area (Å²) >= 11 is 0. The number of ether oxygens (including phenoxy) is 1. The molecule has 17 heavy (non-hydrogen) atoms. The first-order chi connectivity index (χ1) is 7.95. The zero-order valence-electron chi connectivity index (χ0n) is 10.7. The average Bonchev–Trinajstić information content (AvgIpc) is 2.69. The normalized spacial score (nSPS) is 11.8. The smallest absolute Gasteiger partial charge is 0.236 e. The van der Waals surface area contributed by atoms with Crippen LogP contribution in [0.25, 0.3) is 10.9 Å². The molecule has 0 spiro atoms. The van der Waals surface area contributed by atoms with E-state index in [4.69, 9.17) is 4.74 Å². The number of rotatable bonds is 1. The predicted molar refractivity (Wildman–Crippen MR) is 68.6 cm³/mol. The minimum absolute atomic E-state index is 0.0840. The maximum Gasteiger partial charge on any atom is 0.236 e. The molecule has 0 unspecified atom stereocenters. The third-order valence-corrected chi connectivity index (χ3v) is 2.77. The first-order valence-corrected chi connectivity index (χ1v) is 5.64.